The highest BCUT2D eigenvalue weighted by atomic mass is 15.6. The minimum atomic E-state index is -0.0760. The molecule has 0 aliphatic carbocycles. The van der Waals surface area contributed by atoms with Gasteiger partial charge in [-0.25, -0.2) is 0 Å². The summed E-state index contributed by atoms with van der Waals surface area (Å²) < 4.78 is 1.95. The Morgan fingerprint density at radius 1 is 0.914 bits per heavy atom. The van der Waals surface area contributed by atoms with Crippen LogP contribution in [0.5, 0.6) is 0 Å². The second-order valence-electron chi connectivity index (χ2n) is 9.69. The highest BCUT2D eigenvalue weighted by Crippen LogP contribution is 2.34. The van der Waals surface area contributed by atoms with Crippen molar-refractivity contribution in [3.05, 3.63) is 77.2 Å². The first kappa shape index (κ1) is 23.5. The second kappa shape index (κ2) is 10.2. The molecule has 1 unspecified atom stereocenters. The number of tetrazole rings is 1. The van der Waals surface area contributed by atoms with E-state index in [0.29, 0.717) is 0 Å². The van der Waals surface area contributed by atoms with Gasteiger partial charge in [0.15, 0.2) is 5.82 Å². The highest BCUT2D eigenvalue weighted by Gasteiger charge is 2.32. The smallest absolute Gasteiger partial charge is 0.178 e. The largest absolute Gasteiger partial charge is 0.308 e. The first-order valence-corrected chi connectivity index (χ1v) is 12.3. The fourth-order valence-electron chi connectivity index (χ4n) is 5.11. The van der Waals surface area contributed by atoms with Crippen molar-refractivity contribution in [2.45, 2.75) is 19.9 Å². The first-order chi connectivity index (χ1) is 17.0. The van der Waals surface area contributed by atoms with Gasteiger partial charge in [0.05, 0.1) is 17.2 Å². The topological polar surface area (TPSA) is 66.2 Å². The van der Waals surface area contributed by atoms with Gasteiger partial charge in [-0.15, -0.1) is 5.10 Å². The Kier molecular flexibility index (Phi) is 6.86. The molecule has 5 rings (SSSR count). The zero-order valence-corrected chi connectivity index (χ0v) is 21.1. The van der Waals surface area contributed by atoms with Gasteiger partial charge in [-0.1, -0.05) is 36.4 Å². The molecule has 1 aliphatic rings. The molecule has 1 atom stereocenters. The van der Waals surface area contributed by atoms with Crippen LogP contribution in [-0.4, -0.2) is 93.3 Å². The third kappa shape index (κ3) is 4.82. The molecule has 1 saturated heterocycles. The lowest BCUT2D eigenvalue weighted by molar-refractivity contribution is 0.101. The van der Waals surface area contributed by atoms with Crippen molar-refractivity contribution >= 4 is 10.9 Å². The lowest BCUT2D eigenvalue weighted by atomic mass is 9.98. The number of benzene rings is 2. The number of hydrogen-bond donors (Lipinski definition) is 0. The predicted octanol–water partition coefficient (Wildman–Crippen LogP) is 3.10. The molecule has 35 heavy (non-hydrogen) atoms. The summed E-state index contributed by atoms with van der Waals surface area (Å²) in [5, 5.41) is 14.4. The molecular weight excluding hydrogens is 436 g/mol. The molecule has 2 aromatic heterocycles. The van der Waals surface area contributed by atoms with Gasteiger partial charge in [0, 0.05) is 50.9 Å². The molecule has 4 aromatic rings. The Labute approximate surface area is 207 Å². The van der Waals surface area contributed by atoms with E-state index in [2.05, 4.69) is 106 Å². The average molecular weight is 471 g/mol. The summed E-state index contributed by atoms with van der Waals surface area (Å²) in [4.78, 5) is 11.9. The van der Waals surface area contributed by atoms with Crippen LogP contribution in [0.25, 0.3) is 16.6 Å². The van der Waals surface area contributed by atoms with Crippen molar-refractivity contribution in [2.24, 2.45) is 0 Å². The lowest BCUT2D eigenvalue weighted by Crippen LogP contribution is -2.49. The van der Waals surface area contributed by atoms with Crippen molar-refractivity contribution in [2.75, 3.05) is 53.4 Å². The quantitative estimate of drug-likeness (QED) is 0.411. The fourth-order valence-corrected chi connectivity index (χ4v) is 5.11. The number of aryl methyl sites for hydroxylation is 2. The Morgan fingerprint density at radius 3 is 2.40 bits per heavy atom. The fraction of sp³-hybridized carbons (Fsp3) is 0.407. The van der Waals surface area contributed by atoms with E-state index in [1.54, 1.807) is 0 Å². The third-order valence-electron chi connectivity index (χ3n) is 7.00. The van der Waals surface area contributed by atoms with Crippen LogP contribution in [0.4, 0.5) is 0 Å². The van der Waals surface area contributed by atoms with E-state index in [1.807, 2.05) is 16.9 Å². The molecule has 0 radical (unpaired) electrons. The van der Waals surface area contributed by atoms with Crippen molar-refractivity contribution in [3.63, 3.8) is 0 Å². The Morgan fingerprint density at radius 2 is 1.66 bits per heavy atom. The number of fused-ring (bicyclic) bond motifs is 1. The molecular formula is C27H34N8. The van der Waals surface area contributed by atoms with E-state index in [9.17, 15) is 0 Å². The minimum Gasteiger partial charge on any atom is -0.308 e. The van der Waals surface area contributed by atoms with Gasteiger partial charge in [0.25, 0.3) is 0 Å². The monoisotopic (exact) mass is 470 g/mol. The van der Waals surface area contributed by atoms with Gasteiger partial charge >= 0.3 is 0 Å². The summed E-state index contributed by atoms with van der Waals surface area (Å²) in [5.74, 6) is 0.848. The molecule has 1 fully saturated rings. The first-order valence-electron chi connectivity index (χ1n) is 12.3. The van der Waals surface area contributed by atoms with Gasteiger partial charge in [-0.2, -0.15) is 4.68 Å². The number of aromatic nitrogens is 5. The van der Waals surface area contributed by atoms with Gasteiger partial charge in [-0.3, -0.25) is 14.8 Å². The Hall–Kier alpha value is -3.20. The van der Waals surface area contributed by atoms with E-state index >= 15 is 0 Å². The van der Waals surface area contributed by atoms with Crippen LogP contribution in [0.15, 0.2) is 54.7 Å². The van der Waals surface area contributed by atoms with Crippen molar-refractivity contribution in [1.29, 1.82) is 0 Å². The Balaban J connectivity index is 1.57. The van der Waals surface area contributed by atoms with E-state index < -0.39 is 0 Å². The van der Waals surface area contributed by atoms with Gasteiger partial charge < -0.3 is 4.90 Å². The summed E-state index contributed by atoms with van der Waals surface area (Å²) >= 11 is 0. The van der Waals surface area contributed by atoms with Gasteiger partial charge in [0.1, 0.15) is 0 Å². The van der Waals surface area contributed by atoms with Crippen molar-refractivity contribution in [1.82, 2.24) is 39.9 Å². The maximum absolute atomic E-state index is 4.63. The highest BCUT2D eigenvalue weighted by molar-refractivity contribution is 5.82. The van der Waals surface area contributed by atoms with E-state index in [-0.39, 0.29) is 6.04 Å². The zero-order valence-electron chi connectivity index (χ0n) is 21.1. The molecule has 0 spiro atoms. The van der Waals surface area contributed by atoms with Crippen LogP contribution in [0, 0.1) is 13.8 Å². The number of rotatable bonds is 7. The lowest BCUT2D eigenvalue weighted by Gasteiger charge is -2.39. The van der Waals surface area contributed by atoms with Crippen LogP contribution in [0.1, 0.15) is 28.6 Å². The number of pyridine rings is 1. The molecule has 8 heteroatoms. The van der Waals surface area contributed by atoms with Crippen LogP contribution < -0.4 is 0 Å². The maximum Gasteiger partial charge on any atom is 0.178 e. The second-order valence-corrected chi connectivity index (χ2v) is 9.69. The molecule has 182 valence electrons. The summed E-state index contributed by atoms with van der Waals surface area (Å²) in [6.45, 7) is 10.4. The zero-order chi connectivity index (χ0) is 24.4. The van der Waals surface area contributed by atoms with Gasteiger partial charge in [-0.05, 0) is 67.2 Å². The van der Waals surface area contributed by atoms with Crippen molar-refractivity contribution < 1.29 is 0 Å². The Bertz CT molecular complexity index is 1260. The van der Waals surface area contributed by atoms with Crippen LogP contribution in [0.3, 0.4) is 0 Å². The number of para-hydroxylation sites is 2. The number of piperazine rings is 1. The van der Waals surface area contributed by atoms with Crippen LogP contribution in [0.2, 0.25) is 0 Å². The number of likely N-dealkylation sites (N-methyl/N-ethyl adjacent to an activating group) is 1. The summed E-state index contributed by atoms with van der Waals surface area (Å²) in [6, 6.07) is 16.7. The molecule has 2 aromatic carbocycles. The molecule has 1 aliphatic heterocycles. The standard InChI is InChI=1S/C27H34N8/c1-20-8-7-9-21(2)25(20)35-27(29-30-31-35)26(23-12-13-28-24-11-6-5-10-22(23)24)34-18-16-33(17-19-34)15-14-32(3)4/h5-13,26H,14-19H2,1-4H3. The molecule has 8 nitrogen and oxygen atoms in total. The summed E-state index contributed by atoms with van der Waals surface area (Å²) in [7, 11) is 4.27. The normalized spacial score (nSPS) is 16.3. The average Bonchev–Trinajstić information content (AvgIpc) is 3.32. The predicted molar refractivity (Wildman–Crippen MR) is 139 cm³/mol. The third-order valence-corrected chi connectivity index (χ3v) is 7.00. The molecule has 3 heterocycles. The summed E-state index contributed by atoms with van der Waals surface area (Å²) in [6.07, 6.45) is 1.91. The van der Waals surface area contributed by atoms with E-state index in [4.69, 9.17) is 0 Å². The maximum atomic E-state index is 4.63. The van der Waals surface area contributed by atoms with E-state index in [0.717, 1.165) is 72.8 Å². The van der Waals surface area contributed by atoms with E-state index in [1.165, 1.54) is 5.56 Å². The molecule has 0 bridgehead atoms. The number of nitrogens with zero attached hydrogens (tertiary/aromatic N) is 8. The molecule has 0 amide bonds. The van der Waals surface area contributed by atoms with Crippen molar-refractivity contribution in [3.8, 4) is 5.69 Å². The minimum absolute atomic E-state index is 0.0760. The molecule has 0 N–H and O–H groups in total. The number of hydrogen-bond acceptors (Lipinski definition) is 7. The van der Waals surface area contributed by atoms with Crippen LogP contribution in [-0.2, 0) is 0 Å². The van der Waals surface area contributed by atoms with Gasteiger partial charge in [0.2, 0.25) is 0 Å². The SMILES string of the molecule is Cc1cccc(C)c1-n1nnnc1C(c1ccnc2ccccc12)N1CCN(CCN(C)C)CC1. The summed E-state index contributed by atoms with van der Waals surface area (Å²) in [5.41, 5.74) is 5.56. The molecule has 0 saturated carbocycles. The van der Waals surface area contributed by atoms with Crippen LogP contribution >= 0.6 is 0 Å².